The highest BCUT2D eigenvalue weighted by Gasteiger charge is 2.33. The first-order valence-electron chi connectivity index (χ1n) is 13.8. The van der Waals surface area contributed by atoms with Gasteiger partial charge in [-0.1, -0.05) is 23.7 Å². The Labute approximate surface area is 259 Å². The molecule has 5 aromatic carbocycles. The van der Waals surface area contributed by atoms with E-state index in [1.165, 1.54) is 20.3 Å². The fourth-order valence-electron chi connectivity index (χ4n) is 6.66. The molecular weight excluding hydrogens is 597 g/mol. The second-order valence-electron chi connectivity index (χ2n) is 11.2. The van der Waals surface area contributed by atoms with E-state index in [2.05, 4.69) is 4.98 Å². The molecule has 0 saturated heterocycles. The second-order valence-corrected chi connectivity index (χ2v) is 11.2. The van der Waals surface area contributed by atoms with Crippen LogP contribution in [0.4, 0.5) is 0 Å². The van der Waals surface area contributed by atoms with Crippen molar-refractivity contribution in [1.29, 1.82) is 0 Å². The minimum Gasteiger partial charge on any atom is -0.508 e. The quantitative estimate of drug-likeness (QED) is 0.0676. The van der Waals surface area contributed by atoms with Crippen molar-refractivity contribution in [3.63, 3.8) is 0 Å². The topological polar surface area (TPSA) is 243 Å². The van der Waals surface area contributed by atoms with E-state index in [9.17, 15) is 56.2 Å². The summed E-state index contributed by atoms with van der Waals surface area (Å²) in [7, 11) is 4.53. The predicted molar refractivity (Wildman–Crippen MR) is 178 cm³/mol. The molecule has 228 valence electrons. The Balaban J connectivity index is 1.73. The summed E-state index contributed by atoms with van der Waals surface area (Å²) in [4.78, 5) is 2.76. The van der Waals surface area contributed by atoms with Crippen molar-refractivity contribution < 1.29 is 56.2 Å². The smallest absolute Gasteiger partial charge is 0.206 e. The summed E-state index contributed by atoms with van der Waals surface area (Å²) >= 11 is 0. The van der Waals surface area contributed by atoms with Gasteiger partial charge >= 0.3 is 0 Å². The number of nitrogens with zero attached hydrogens (tertiary/aromatic N) is 1. The van der Waals surface area contributed by atoms with E-state index in [0.717, 1.165) is 0 Å². The van der Waals surface area contributed by atoms with Crippen molar-refractivity contribution in [2.45, 2.75) is 0 Å². The average Bonchev–Trinajstić information content (AvgIpc) is 3.63. The van der Waals surface area contributed by atoms with Crippen LogP contribution in [0.1, 0.15) is 0 Å². The van der Waals surface area contributed by atoms with E-state index in [1.807, 2.05) is 0 Å². The number of nitrogens with one attached hydrogen (secondary N) is 1. The summed E-state index contributed by atoms with van der Waals surface area (Å²) in [6.45, 7) is 0. The van der Waals surface area contributed by atoms with Crippen LogP contribution in [0.5, 0.6) is 63.2 Å². The maximum Gasteiger partial charge on any atom is 0.206 e. The van der Waals surface area contributed by atoms with E-state index >= 15 is 0 Å². The number of aromatic hydroxyl groups is 11. The summed E-state index contributed by atoms with van der Waals surface area (Å²) in [5.74, 6) is -8.88. The van der Waals surface area contributed by atoms with Crippen LogP contribution in [0, 0.1) is 0 Å². The monoisotopic (exact) mass is 620 g/mol. The third-order valence-electron chi connectivity index (χ3n) is 8.86. The van der Waals surface area contributed by atoms with E-state index in [-0.39, 0.29) is 71.1 Å². The second kappa shape index (κ2) is 9.11. The van der Waals surface area contributed by atoms with Gasteiger partial charge in [-0.15, -0.1) is 0 Å². The van der Waals surface area contributed by atoms with Gasteiger partial charge in [0.05, 0.1) is 32.8 Å². The molecule has 0 bridgehead atoms. The number of phenols is 11. The molecule has 0 spiro atoms. The molecule has 0 aliphatic rings. The van der Waals surface area contributed by atoms with Crippen molar-refractivity contribution in [1.82, 2.24) is 9.55 Å². The number of para-hydroxylation sites is 1. The number of hydrogen-bond acceptors (Lipinski definition) is 11. The molecule has 2 aromatic heterocycles. The van der Waals surface area contributed by atoms with Crippen molar-refractivity contribution >= 4 is 83.5 Å². The molecule has 16 heteroatoms. The Morgan fingerprint density at radius 3 is 1.57 bits per heavy atom. The number of hydrogen-bond donors (Lipinski definition) is 12. The van der Waals surface area contributed by atoms with Gasteiger partial charge in [0.2, 0.25) is 23.0 Å². The van der Waals surface area contributed by atoms with E-state index in [4.69, 9.17) is 0 Å². The lowest BCUT2D eigenvalue weighted by molar-refractivity contribution is 0.350. The molecule has 0 saturated carbocycles. The van der Waals surface area contributed by atoms with Gasteiger partial charge in [-0.2, -0.15) is 0 Å². The largest absolute Gasteiger partial charge is 0.508 e. The Bertz CT molecular complexity index is 2530. The van der Waals surface area contributed by atoms with Crippen LogP contribution >= 0.6 is 0 Å². The van der Waals surface area contributed by atoms with Crippen molar-refractivity contribution in [3.05, 3.63) is 30.3 Å². The first kappa shape index (κ1) is 28.5. The van der Waals surface area contributed by atoms with Gasteiger partial charge < -0.3 is 65.7 Å². The maximum absolute atomic E-state index is 11.8. The summed E-state index contributed by atoms with van der Waals surface area (Å²) in [6, 6.07) is 8.42. The Morgan fingerprint density at radius 2 is 0.935 bits per heavy atom. The first-order valence-corrected chi connectivity index (χ1v) is 13.8. The van der Waals surface area contributed by atoms with Crippen LogP contribution < -0.4 is 16.4 Å². The highest BCUT2D eigenvalue weighted by Crippen LogP contribution is 2.56. The van der Waals surface area contributed by atoms with E-state index in [1.54, 1.807) is 38.2 Å². The van der Waals surface area contributed by atoms with Crippen molar-refractivity contribution in [2.24, 2.45) is 0 Å². The number of phenolic OH excluding ortho intramolecular Hbond substituents is 11. The molecule has 2 heterocycles. The molecule has 7 rings (SSSR count). The molecular formula is C30H23B3N2O11. The van der Waals surface area contributed by atoms with Crippen molar-refractivity contribution in [2.75, 3.05) is 0 Å². The molecule has 7 aromatic rings. The van der Waals surface area contributed by atoms with Crippen LogP contribution in [0.2, 0.25) is 0 Å². The number of rotatable bonds is 2. The Hall–Kier alpha value is -6.31. The van der Waals surface area contributed by atoms with Crippen LogP contribution in [-0.4, -0.2) is 89.3 Å². The molecule has 0 radical (unpaired) electrons. The van der Waals surface area contributed by atoms with E-state index in [0.29, 0.717) is 5.69 Å². The number of H-pyrrole nitrogens is 1. The number of fused-ring (bicyclic) bond motifs is 6. The molecule has 0 amide bonds. The van der Waals surface area contributed by atoms with Crippen LogP contribution in [0.3, 0.4) is 0 Å². The fraction of sp³-hybridized carbons (Fsp3) is 0. The highest BCUT2D eigenvalue weighted by atomic mass is 16.4. The minimum atomic E-state index is -1.05. The Kier molecular flexibility index (Phi) is 5.64. The molecule has 0 aliphatic carbocycles. The highest BCUT2D eigenvalue weighted by molar-refractivity contribution is 6.53. The number of benzene rings is 5. The first-order chi connectivity index (χ1) is 21.7. The molecule has 0 fully saturated rings. The third-order valence-corrected chi connectivity index (χ3v) is 8.86. The van der Waals surface area contributed by atoms with Gasteiger partial charge in [0, 0.05) is 16.6 Å². The molecule has 46 heavy (non-hydrogen) atoms. The van der Waals surface area contributed by atoms with Gasteiger partial charge in [-0.05, 0) is 28.6 Å². The summed E-state index contributed by atoms with van der Waals surface area (Å²) in [5, 5.41) is 120. The standard InChI is InChI=1S/C30H23B3N2O11/c31-13-7(12-20(36)9-10-17(34-16(9)15(33)21(12)37)25(41)29(45)27(43)22(10)38)14(32)24(40)18-8(13)11-19(26(42)30(46)28(44)23(11)39)35(18)6-4-2-1-3-5-6/h1-5,34,36-46H,31-33H2. The van der Waals surface area contributed by atoms with Gasteiger partial charge in [0.15, 0.2) is 23.0 Å². The normalized spacial score (nSPS) is 11.8. The number of aromatic amines is 1. The third kappa shape index (κ3) is 3.21. The van der Waals surface area contributed by atoms with E-state index < -0.39 is 63.2 Å². The molecule has 0 aliphatic heterocycles. The van der Waals surface area contributed by atoms with Gasteiger partial charge in [-0.25, -0.2) is 0 Å². The maximum atomic E-state index is 11.8. The molecule has 0 atom stereocenters. The average molecular weight is 620 g/mol. The van der Waals surface area contributed by atoms with Gasteiger partial charge in [0.25, 0.3) is 0 Å². The van der Waals surface area contributed by atoms with Gasteiger partial charge in [0.1, 0.15) is 46.3 Å². The van der Waals surface area contributed by atoms with Crippen LogP contribution in [0.15, 0.2) is 30.3 Å². The van der Waals surface area contributed by atoms with Crippen LogP contribution in [0.25, 0.3) is 60.4 Å². The Morgan fingerprint density at radius 1 is 0.413 bits per heavy atom. The SMILES string of the molecule is Bc1c(-c2c(O)c(B)c3[nH]c4c(O)c(O)c(O)c(O)c4c3c2O)c(B)c2c3c(O)c(O)c(O)c(O)c3n(-c3ccccc3)c2c1O. The van der Waals surface area contributed by atoms with Crippen molar-refractivity contribution in [3.8, 4) is 80.1 Å². The number of aromatic nitrogens is 2. The summed E-state index contributed by atoms with van der Waals surface area (Å²) < 4.78 is 1.39. The predicted octanol–water partition coefficient (Wildman–Crippen LogP) is -0.378. The lowest BCUT2D eigenvalue weighted by atomic mass is 9.73. The fourth-order valence-corrected chi connectivity index (χ4v) is 6.66. The summed E-state index contributed by atoms with van der Waals surface area (Å²) in [6.07, 6.45) is 0. The van der Waals surface area contributed by atoms with Gasteiger partial charge in [-0.3, -0.25) is 0 Å². The zero-order chi connectivity index (χ0) is 33.3. The summed E-state index contributed by atoms with van der Waals surface area (Å²) in [5.41, 5.74) is 0.407. The molecule has 13 nitrogen and oxygen atoms in total. The van der Waals surface area contributed by atoms with Crippen LogP contribution in [-0.2, 0) is 0 Å². The molecule has 12 N–H and O–H groups in total. The zero-order valence-electron chi connectivity index (χ0n) is 24.3. The lowest BCUT2D eigenvalue weighted by Gasteiger charge is -2.20. The zero-order valence-corrected chi connectivity index (χ0v) is 24.3. The minimum absolute atomic E-state index is 0.0496. The lowest BCUT2D eigenvalue weighted by Crippen LogP contribution is -2.22. The molecule has 0 unspecified atom stereocenters.